The van der Waals surface area contributed by atoms with Gasteiger partial charge < -0.3 is 30.0 Å². The van der Waals surface area contributed by atoms with Crippen LogP contribution in [0.5, 0.6) is 0 Å². The molecule has 5 rings (SSSR count). The molecule has 400 valence electrons. The molecular formula is C46H84O17S5. The molecule has 0 unspecified atom stereocenters. The van der Waals surface area contributed by atoms with Crippen molar-refractivity contribution in [1.82, 2.24) is 0 Å². The fourth-order valence-electron chi connectivity index (χ4n) is 9.23. The van der Waals surface area contributed by atoms with Gasteiger partial charge in [0.05, 0.1) is 48.7 Å². The lowest BCUT2D eigenvalue weighted by Crippen LogP contribution is -2.38. The predicted octanol–water partition coefficient (Wildman–Crippen LogP) is 4.33. The van der Waals surface area contributed by atoms with Gasteiger partial charge in [0.1, 0.15) is 67.5 Å². The fourth-order valence-corrected chi connectivity index (χ4v) is 14.7. The van der Waals surface area contributed by atoms with E-state index in [0.29, 0.717) is 154 Å². The molecule has 0 atom stereocenters. The van der Waals surface area contributed by atoms with Crippen LogP contribution in [0.4, 0.5) is 0 Å². The maximum absolute atomic E-state index is 11.3. The van der Waals surface area contributed by atoms with Crippen molar-refractivity contribution in [3.8, 4) is 0 Å². The summed E-state index contributed by atoms with van der Waals surface area (Å²) in [5.41, 5.74) is -3.32. The van der Waals surface area contributed by atoms with Crippen molar-refractivity contribution in [2.24, 2.45) is 0 Å². The van der Waals surface area contributed by atoms with Gasteiger partial charge in [0, 0.05) is 57.0 Å². The molecule has 0 aromatic heterocycles. The standard InChI is InChI=1S/2C10H18O3S.2C9H16O4S.C7H12O3S.CH4/c2*1-3-6-10(11)7-4-9(5-8-10)14(2,12)13;2*1-14(12,13)8-2-4-9(11,5-3-8)6-7-10;1-11(9,10)7-4-2-6(8)3-5-7;/h2*3,9,11H,1,4-8H2,2H3;2*7-8,11H,2-6H2,1H3;7H,2-5H2,1H3;1H4. The van der Waals surface area contributed by atoms with E-state index in [2.05, 4.69) is 13.2 Å². The van der Waals surface area contributed by atoms with Crippen molar-refractivity contribution < 1.29 is 76.9 Å². The maximum Gasteiger partial charge on any atom is 0.150 e. The number of aliphatic hydroxyl groups is 4. The minimum Gasteiger partial charge on any atom is -0.390 e. The number of rotatable bonds is 13. The molecule has 22 heteroatoms. The van der Waals surface area contributed by atoms with E-state index in [1.807, 2.05) is 0 Å². The summed E-state index contributed by atoms with van der Waals surface area (Å²) in [4.78, 5) is 31.3. The van der Waals surface area contributed by atoms with Gasteiger partial charge in [-0.3, -0.25) is 4.79 Å². The summed E-state index contributed by atoms with van der Waals surface area (Å²) in [6.07, 6.45) is 22.3. The molecule has 0 aromatic rings. The van der Waals surface area contributed by atoms with E-state index in [-0.39, 0.29) is 52.3 Å². The van der Waals surface area contributed by atoms with Crippen molar-refractivity contribution in [3.05, 3.63) is 25.3 Å². The Bertz CT molecular complexity index is 1900. The minimum atomic E-state index is -2.99. The summed E-state index contributed by atoms with van der Waals surface area (Å²) in [6, 6.07) is 0. The summed E-state index contributed by atoms with van der Waals surface area (Å²) in [5, 5.41) is 38.2. The number of Topliss-reactive ketones (excluding diaryl/α,β-unsaturated/α-hetero) is 1. The number of sulfone groups is 5. The number of carbonyl (C=O) groups is 3. The van der Waals surface area contributed by atoms with Gasteiger partial charge in [0.15, 0.2) is 0 Å². The third kappa shape index (κ3) is 24.5. The molecule has 5 aliphatic rings. The minimum absolute atomic E-state index is 0. The molecule has 5 saturated carbocycles. The molecule has 0 bridgehead atoms. The largest absolute Gasteiger partial charge is 0.390 e. The zero-order valence-electron chi connectivity index (χ0n) is 40.2. The molecular weight excluding hydrogens is 985 g/mol. The van der Waals surface area contributed by atoms with Crippen LogP contribution >= 0.6 is 0 Å². The lowest BCUT2D eigenvalue weighted by atomic mass is 9.82. The van der Waals surface area contributed by atoms with Crippen LogP contribution in [0.15, 0.2) is 25.3 Å². The van der Waals surface area contributed by atoms with Gasteiger partial charge in [0.25, 0.3) is 0 Å². The van der Waals surface area contributed by atoms with Crippen LogP contribution in [0.1, 0.15) is 162 Å². The molecule has 0 spiro atoms. The zero-order valence-corrected chi connectivity index (χ0v) is 44.3. The Morgan fingerprint density at radius 3 is 0.750 bits per heavy atom. The lowest BCUT2D eigenvalue weighted by Gasteiger charge is -2.34. The summed E-state index contributed by atoms with van der Waals surface area (Å²) >= 11 is 0. The first kappa shape index (κ1) is 66.1. The Hall–Kier alpha value is -1.92. The van der Waals surface area contributed by atoms with Crippen molar-refractivity contribution in [2.75, 3.05) is 31.3 Å². The second-order valence-corrected chi connectivity index (χ2v) is 31.4. The summed E-state index contributed by atoms with van der Waals surface area (Å²) in [6.45, 7) is 7.18. The first-order valence-corrected chi connectivity index (χ1v) is 32.7. The highest BCUT2D eigenvalue weighted by atomic mass is 32.2. The Kier molecular flexibility index (Phi) is 27.0. The quantitative estimate of drug-likeness (QED) is 0.147. The van der Waals surface area contributed by atoms with Crippen LogP contribution in [0.25, 0.3) is 0 Å². The van der Waals surface area contributed by atoms with Crippen LogP contribution in [0.2, 0.25) is 0 Å². The molecule has 17 nitrogen and oxygen atoms in total. The number of aldehydes is 2. The van der Waals surface area contributed by atoms with E-state index < -0.39 is 71.6 Å². The van der Waals surface area contributed by atoms with Gasteiger partial charge >= 0.3 is 0 Å². The van der Waals surface area contributed by atoms with Crippen LogP contribution < -0.4 is 0 Å². The number of ketones is 1. The normalized spacial score (nSPS) is 31.6. The SMILES string of the molecule is C.C=CCC1(O)CCC(S(C)(=O)=O)CC1.C=CCC1(O)CCC(S(C)(=O)=O)CC1.CS(=O)(=O)C1CCC(=O)CC1.CS(=O)(=O)C1CCC(O)(CC=O)CC1.CS(=O)(=O)C1CCC(O)(CC=O)CC1. The molecule has 5 aliphatic carbocycles. The molecule has 0 aromatic carbocycles. The monoisotopic (exact) mass is 1070 g/mol. The third-order valence-corrected chi connectivity index (χ3v) is 22.4. The maximum atomic E-state index is 11.3. The topological polar surface area (TPSA) is 303 Å². The molecule has 0 aliphatic heterocycles. The van der Waals surface area contributed by atoms with Gasteiger partial charge in [-0.05, 0) is 128 Å². The van der Waals surface area contributed by atoms with E-state index in [1.165, 1.54) is 31.3 Å². The van der Waals surface area contributed by atoms with E-state index in [9.17, 15) is 76.9 Å². The molecule has 0 heterocycles. The van der Waals surface area contributed by atoms with E-state index in [0.717, 1.165) is 0 Å². The van der Waals surface area contributed by atoms with Gasteiger partial charge in [-0.25, -0.2) is 42.1 Å². The molecule has 0 amide bonds. The summed E-state index contributed by atoms with van der Waals surface area (Å²) in [5.74, 6) is 0.199. The van der Waals surface area contributed by atoms with Crippen LogP contribution in [0.3, 0.4) is 0 Å². The Morgan fingerprint density at radius 2 is 0.588 bits per heavy atom. The van der Waals surface area contributed by atoms with Gasteiger partial charge in [-0.1, -0.05) is 19.6 Å². The van der Waals surface area contributed by atoms with Crippen molar-refractivity contribution in [1.29, 1.82) is 0 Å². The number of carbonyl (C=O) groups excluding carboxylic acids is 3. The first-order chi connectivity index (χ1) is 30.5. The highest BCUT2D eigenvalue weighted by Crippen LogP contribution is 2.36. The second kappa shape index (κ2) is 27.8. The average Bonchev–Trinajstić information content (AvgIpc) is 3.18. The van der Waals surface area contributed by atoms with Gasteiger partial charge in [0.2, 0.25) is 0 Å². The highest BCUT2D eigenvalue weighted by Gasteiger charge is 2.39. The van der Waals surface area contributed by atoms with E-state index >= 15 is 0 Å². The summed E-state index contributed by atoms with van der Waals surface area (Å²) < 4.78 is 112. The first-order valence-electron chi connectivity index (χ1n) is 22.9. The van der Waals surface area contributed by atoms with Crippen LogP contribution in [0, 0.1) is 0 Å². The molecule has 4 N–H and O–H groups in total. The third-order valence-electron chi connectivity index (χ3n) is 13.9. The summed E-state index contributed by atoms with van der Waals surface area (Å²) in [7, 11) is -14.7. The van der Waals surface area contributed by atoms with Crippen molar-refractivity contribution in [3.63, 3.8) is 0 Å². The Morgan fingerprint density at radius 1 is 0.412 bits per heavy atom. The predicted molar refractivity (Wildman–Crippen MR) is 268 cm³/mol. The Balaban J connectivity index is 0.000000824. The van der Waals surface area contributed by atoms with Crippen LogP contribution in [-0.4, -0.2) is 161 Å². The average molecular weight is 1070 g/mol. The van der Waals surface area contributed by atoms with Gasteiger partial charge in [-0.2, -0.15) is 0 Å². The highest BCUT2D eigenvalue weighted by molar-refractivity contribution is 7.92. The Labute approximate surface area is 409 Å². The lowest BCUT2D eigenvalue weighted by molar-refractivity contribution is -0.120. The zero-order chi connectivity index (χ0) is 51.8. The fraction of sp³-hybridized carbons (Fsp3) is 0.848. The number of hydrogen-bond acceptors (Lipinski definition) is 17. The second-order valence-electron chi connectivity index (χ2n) is 19.8. The molecule has 0 radical (unpaired) electrons. The van der Waals surface area contributed by atoms with E-state index in [4.69, 9.17) is 0 Å². The molecule has 68 heavy (non-hydrogen) atoms. The van der Waals surface area contributed by atoms with E-state index in [1.54, 1.807) is 12.2 Å². The number of hydrogen-bond donors (Lipinski definition) is 4. The van der Waals surface area contributed by atoms with Crippen LogP contribution in [-0.2, 0) is 63.6 Å². The molecule has 0 saturated heterocycles. The smallest absolute Gasteiger partial charge is 0.150 e. The van der Waals surface area contributed by atoms with Crippen molar-refractivity contribution in [2.45, 2.75) is 210 Å². The van der Waals surface area contributed by atoms with Crippen molar-refractivity contribution >= 4 is 67.5 Å². The van der Waals surface area contributed by atoms with Gasteiger partial charge in [-0.15, -0.1) is 13.2 Å². The molecule has 5 fully saturated rings.